The first-order valence-electron chi connectivity index (χ1n) is 6.83. The van der Waals surface area contributed by atoms with Gasteiger partial charge in [0.15, 0.2) is 0 Å². The SMILES string of the molecule is CCCNCc1nnc(NCc2c(Cl)cccc2OC)o1. The Kier molecular flexibility index (Phi) is 5.83. The van der Waals surface area contributed by atoms with Crippen LogP contribution in [0.1, 0.15) is 24.8 Å². The molecule has 6 nitrogen and oxygen atoms in total. The van der Waals surface area contributed by atoms with E-state index in [0.717, 1.165) is 24.3 Å². The highest BCUT2D eigenvalue weighted by Gasteiger charge is 2.10. The molecule has 1 aromatic carbocycles. The lowest BCUT2D eigenvalue weighted by Crippen LogP contribution is -2.13. The number of halogens is 1. The normalized spacial score (nSPS) is 10.6. The Morgan fingerprint density at radius 2 is 2.14 bits per heavy atom. The number of hydrogen-bond acceptors (Lipinski definition) is 6. The van der Waals surface area contributed by atoms with Crippen molar-refractivity contribution in [1.82, 2.24) is 15.5 Å². The smallest absolute Gasteiger partial charge is 0.315 e. The van der Waals surface area contributed by atoms with Crippen molar-refractivity contribution in [2.24, 2.45) is 0 Å². The van der Waals surface area contributed by atoms with Crippen molar-refractivity contribution in [3.8, 4) is 5.75 Å². The predicted octanol–water partition coefficient (Wildman–Crippen LogP) is 2.84. The number of hydrogen-bond donors (Lipinski definition) is 2. The summed E-state index contributed by atoms with van der Waals surface area (Å²) in [4.78, 5) is 0. The molecule has 0 aliphatic heterocycles. The van der Waals surface area contributed by atoms with Gasteiger partial charge in [0.1, 0.15) is 5.75 Å². The largest absolute Gasteiger partial charge is 0.496 e. The van der Waals surface area contributed by atoms with Gasteiger partial charge in [-0.3, -0.25) is 0 Å². The van der Waals surface area contributed by atoms with E-state index in [2.05, 4.69) is 27.8 Å². The molecular weight excluding hydrogens is 292 g/mol. The van der Waals surface area contributed by atoms with Crippen LogP contribution in [0, 0.1) is 0 Å². The molecule has 0 fully saturated rings. The summed E-state index contributed by atoms with van der Waals surface area (Å²) < 4.78 is 10.8. The van der Waals surface area contributed by atoms with E-state index in [9.17, 15) is 0 Å². The lowest BCUT2D eigenvalue weighted by atomic mass is 10.2. The van der Waals surface area contributed by atoms with Gasteiger partial charge in [0, 0.05) is 17.1 Å². The third-order valence-corrected chi connectivity index (χ3v) is 3.24. The maximum atomic E-state index is 6.17. The standard InChI is InChI=1S/C14H19ClN4O2/c1-3-7-16-9-13-18-19-14(21-13)17-8-10-11(15)5-4-6-12(10)20-2/h4-6,16H,3,7-9H2,1-2H3,(H,17,19). The number of aromatic nitrogens is 2. The van der Waals surface area contributed by atoms with Crippen LogP contribution in [0.4, 0.5) is 6.01 Å². The molecular formula is C14H19ClN4O2. The van der Waals surface area contributed by atoms with Crippen molar-refractivity contribution in [3.63, 3.8) is 0 Å². The van der Waals surface area contributed by atoms with Crippen molar-refractivity contribution < 1.29 is 9.15 Å². The Hall–Kier alpha value is -1.79. The molecule has 0 radical (unpaired) electrons. The number of ether oxygens (including phenoxy) is 1. The fraction of sp³-hybridized carbons (Fsp3) is 0.429. The molecule has 1 heterocycles. The summed E-state index contributed by atoms with van der Waals surface area (Å²) >= 11 is 6.17. The van der Waals surface area contributed by atoms with Crippen molar-refractivity contribution in [2.75, 3.05) is 19.0 Å². The zero-order valence-corrected chi connectivity index (χ0v) is 12.9. The molecule has 0 bridgehead atoms. The van der Waals surface area contributed by atoms with E-state index in [1.807, 2.05) is 18.2 Å². The Labute approximate surface area is 128 Å². The molecule has 0 aliphatic rings. The number of methoxy groups -OCH3 is 1. The summed E-state index contributed by atoms with van der Waals surface area (Å²) in [6, 6.07) is 5.88. The minimum atomic E-state index is 0.366. The van der Waals surface area contributed by atoms with E-state index >= 15 is 0 Å². The third kappa shape index (κ3) is 4.34. The van der Waals surface area contributed by atoms with E-state index in [1.54, 1.807) is 7.11 Å². The van der Waals surface area contributed by atoms with Gasteiger partial charge in [0.05, 0.1) is 13.7 Å². The lowest BCUT2D eigenvalue weighted by Gasteiger charge is -2.09. The van der Waals surface area contributed by atoms with Crippen molar-refractivity contribution >= 4 is 17.6 Å². The van der Waals surface area contributed by atoms with Gasteiger partial charge in [-0.15, -0.1) is 5.10 Å². The van der Waals surface area contributed by atoms with E-state index in [1.165, 1.54) is 0 Å². The van der Waals surface area contributed by atoms with Crippen molar-refractivity contribution in [3.05, 3.63) is 34.7 Å². The predicted molar refractivity (Wildman–Crippen MR) is 81.6 cm³/mol. The van der Waals surface area contributed by atoms with Gasteiger partial charge in [-0.2, -0.15) is 0 Å². The van der Waals surface area contributed by atoms with Crippen LogP contribution in [-0.2, 0) is 13.1 Å². The van der Waals surface area contributed by atoms with Gasteiger partial charge in [-0.25, -0.2) is 0 Å². The highest BCUT2D eigenvalue weighted by Crippen LogP contribution is 2.26. The molecule has 0 aliphatic carbocycles. The monoisotopic (exact) mass is 310 g/mol. The molecule has 114 valence electrons. The molecule has 0 saturated carbocycles. The van der Waals surface area contributed by atoms with E-state index < -0.39 is 0 Å². The van der Waals surface area contributed by atoms with E-state index in [4.69, 9.17) is 20.8 Å². The van der Waals surface area contributed by atoms with E-state index in [-0.39, 0.29) is 0 Å². The first-order chi connectivity index (χ1) is 10.2. The Morgan fingerprint density at radius 1 is 1.29 bits per heavy atom. The summed E-state index contributed by atoms with van der Waals surface area (Å²) in [6.07, 6.45) is 1.06. The van der Waals surface area contributed by atoms with Crippen LogP contribution >= 0.6 is 11.6 Å². The molecule has 1 aromatic heterocycles. The second-order valence-corrected chi connectivity index (χ2v) is 4.86. The fourth-order valence-electron chi connectivity index (χ4n) is 1.83. The molecule has 0 saturated heterocycles. The van der Waals surface area contributed by atoms with Gasteiger partial charge in [0.25, 0.3) is 0 Å². The molecule has 2 rings (SSSR count). The van der Waals surface area contributed by atoms with Crippen LogP contribution < -0.4 is 15.4 Å². The second kappa shape index (κ2) is 7.85. The van der Waals surface area contributed by atoms with Crippen LogP contribution in [0.5, 0.6) is 5.75 Å². The average Bonchev–Trinajstić information content (AvgIpc) is 2.94. The molecule has 0 unspecified atom stereocenters. The highest BCUT2D eigenvalue weighted by atomic mass is 35.5. The van der Waals surface area contributed by atoms with Gasteiger partial charge in [-0.1, -0.05) is 29.7 Å². The maximum Gasteiger partial charge on any atom is 0.315 e. The number of anilines is 1. The minimum Gasteiger partial charge on any atom is -0.496 e. The fourth-order valence-corrected chi connectivity index (χ4v) is 2.07. The zero-order chi connectivity index (χ0) is 15.1. The van der Waals surface area contributed by atoms with E-state index in [0.29, 0.717) is 30.0 Å². The number of rotatable bonds is 8. The van der Waals surface area contributed by atoms with Crippen molar-refractivity contribution in [2.45, 2.75) is 26.4 Å². The Morgan fingerprint density at radius 3 is 2.90 bits per heavy atom. The zero-order valence-electron chi connectivity index (χ0n) is 12.1. The number of benzene rings is 1. The molecule has 21 heavy (non-hydrogen) atoms. The molecule has 2 N–H and O–H groups in total. The van der Waals surface area contributed by atoms with Gasteiger partial charge in [-0.05, 0) is 25.1 Å². The Bertz CT molecular complexity index is 574. The number of nitrogens with zero attached hydrogens (tertiary/aromatic N) is 2. The summed E-state index contributed by atoms with van der Waals surface area (Å²) in [6.45, 7) is 4.04. The van der Waals surface area contributed by atoms with Crippen LogP contribution in [0.2, 0.25) is 5.02 Å². The maximum absolute atomic E-state index is 6.17. The second-order valence-electron chi connectivity index (χ2n) is 4.45. The van der Waals surface area contributed by atoms with Gasteiger partial charge in [0.2, 0.25) is 5.89 Å². The minimum absolute atomic E-state index is 0.366. The van der Waals surface area contributed by atoms with Gasteiger partial charge < -0.3 is 19.8 Å². The average molecular weight is 311 g/mol. The highest BCUT2D eigenvalue weighted by molar-refractivity contribution is 6.31. The van der Waals surface area contributed by atoms with Crippen LogP contribution in [-0.4, -0.2) is 23.9 Å². The molecule has 2 aromatic rings. The summed E-state index contributed by atoms with van der Waals surface area (Å²) in [5.41, 5.74) is 0.852. The first-order valence-corrected chi connectivity index (χ1v) is 7.20. The summed E-state index contributed by atoms with van der Waals surface area (Å²) in [5, 5.41) is 14.8. The van der Waals surface area contributed by atoms with Crippen molar-refractivity contribution in [1.29, 1.82) is 0 Å². The van der Waals surface area contributed by atoms with Crippen LogP contribution in [0.25, 0.3) is 0 Å². The first kappa shape index (κ1) is 15.6. The van der Waals surface area contributed by atoms with Gasteiger partial charge >= 0.3 is 6.01 Å². The summed E-state index contributed by atoms with van der Waals surface area (Å²) in [7, 11) is 1.61. The van der Waals surface area contributed by atoms with Crippen LogP contribution in [0.3, 0.4) is 0 Å². The number of nitrogens with one attached hydrogen (secondary N) is 2. The third-order valence-electron chi connectivity index (χ3n) is 2.88. The lowest BCUT2D eigenvalue weighted by molar-refractivity contribution is 0.410. The quantitative estimate of drug-likeness (QED) is 0.731. The summed E-state index contributed by atoms with van der Waals surface area (Å²) in [5.74, 6) is 1.27. The van der Waals surface area contributed by atoms with Crippen LogP contribution in [0.15, 0.2) is 22.6 Å². The topological polar surface area (TPSA) is 72.2 Å². The molecule has 0 amide bonds. The molecule has 0 atom stereocenters. The Balaban J connectivity index is 1.94. The molecule has 0 spiro atoms. The molecule has 7 heteroatoms.